The maximum absolute atomic E-state index is 4.93. The summed E-state index contributed by atoms with van der Waals surface area (Å²) in [5, 5.41) is 8.41. The fourth-order valence-electron chi connectivity index (χ4n) is 8.77. The third-order valence-electron chi connectivity index (χ3n) is 12.1. The zero-order valence-corrected chi connectivity index (χ0v) is 43.2. The molecule has 4 heteroatoms. The van der Waals surface area contributed by atoms with Crippen LogP contribution in [0.3, 0.4) is 0 Å². The van der Waals surface area contributed by atoms with Gasteiger partial charge in [-0.05, 0) is 58.8 Å². The molecular formula is C58H61Cl2SiZr-3. The second-order valence-corrected chi connectivity index (χ2v) is 22.5. The van der Waals surface area contributed by atoms with E-state index in [1.54, 1.807) is 0 Å². The molecule has 0 saturated heterocycles. The van der Waals surface area contributed by atoms with Crippen LogP contribution in [0.5, 0.6) is 0 Å². The first-order valence-electron chi connectivity index (χ1n) is 22.4. The minimum Gasteiger partial charge on any atom is -0.184 e. The van der Waals surface area contributed by atoms with Crippen LogP contribution in [0.2, 0.25) is 0 Å². The van der Waals surface area contributed by atoms with Crippen molar-refractivity contribution in [3.05, 3.63) is 179 Å². The predicted molar refractivity (Wildman–Crippen MR) is 273 cm³/mol. The molecule has 0 unspecified atom stereocenters. The Balaban J connectivity index is 0.000000155. The van der Waals surface area contributed by atoms with Gasteiger partial charge in [-0.2, -0.15) is 41.6 Å². The third-order valence-corrected chi connectivity index (χ3v) is 13.5. The molecule has 0 spiro atoms. The van der Waals surface area contributed by atoms with Gasteiger partial charge in [-0.25, -0.2) is 0 Å². The number of benzene rings is 6. The molecular weight excluding hydrogens is 887 g/mol. The number of halogens is 2. The molecule has 1 heterocycles. The van der Waals surface area contributed by atoms with E-state index < -0.39 is 20.8 Å². The summed E-state index contributed by atoms with van der Waals surface area (Å²) in [6.45, 7) is 22.8. The number of hydrogen-bond donors (Lipinski definition) is 0. The summed E-state index contributed by atoms with van der Waals surface area (Å²) in [4.78, 5) is 0. The summed E-state index contributed by atoms with van der Waals surface area (Å²) in [6.07, 6.45) is 2.14. The van der Waals surface area contributed by atoms with Crippen LogP contribution < -0.4 is 10.4 Å². The van der Waals surface area contributed by atoms with Crippen molar-refractivity contribution in [2.24, 2.45) is 0 Å². The van der Waals surface area contributed by atoms with Gasteiger partial charge in [0.1, 0.15) is 0 Å². The van der Waals surface area contributed by atoms with Crippen LogP contribution in [0.15, 0.2) is 140 Å². The molecule has 8 aromatic carbocycles. The van der Waals surface area contributed by atoms with Crippen LogP contribution in [-0.4, -0.2) is 9.52 Å². The van der Waals surface area contributed by atoms with E-state index in [-0.39, 0.29) is 0 Å². The van der Waals surface area contributed by atoms with Crippen LogP contribution in [0.4, 0.5) is 0 Å². The summed E-state index contributed by atoms with van der Waals surface area (Å²) in [6, 6.07) is 54.8. The molecule has 0 nitrogen and oxygen atoms in total. The predicted octanol–water partition coefficient (Wildman–Crippen LogP) is 16.6. The smallest absolute Gasteiger partial charge is 0.0920 e. The number of hydrogen-bond acceptors (Lipinski definition) is 0. The van der Waals surface area contributed by atoms with Crippen molar-refractivity contribution < 1.29 is 20.8 Å². The zero-order chi connectivity index (χ0) is 44.5. The zero-order valence-electron chi connectivity index (χ0n) is 38.3. The Morgan fingerprint density at radius 3 is 1.37 bits per heavy atom. The molecule has 318 valence electrons. The molecule has 0 aliphatic carbocycles. The van der Waals surface area contributed by atoms with Crippen LogP contribution >= 0.6 is 17.0 Å². The average Bonchev–Trinajstić information content (AvgIpc) is 4.02. The largest absolute Gasteiger partial charge is 0.184 e. The molecule has 0 amide bonds. The van der Waals surface area contributed by atoms with Gasteiger partial charge in [-0.3, -0.25) is 0 Å². The van der Waals surface area contributed by atoms with Crippen LogP contribution in [0.25, 0.3) is 54.9 Å². The maximum atomic E-state index is 4.93. The summed E-state index contributed by atoms with van der Waals surface area (Å²) in [5.74, 6) is 2.21. The van der Waals surface area contributed by atoms with E-state index in [1.807, 2.05) is 6.07 Å². The quantitative estimate of drug-likeness (QED) is 0.105. The first-order valence-corrected chi connectivity index (χ1v) is 29.7. The van der Waals surface area contributed by atoms with Gasteiger partial charge in [-0.1, -0.05) is 175 Å². The second-order valence-electron chi connectivity index (χ2n) is 17.5. The maximum Gasteiger partial charge on any atom is 0.0920 e. The summed E-state index contributed by atoms with van der Waals surface area (Å²) < 4.78 is 0. The first kappa shape index (κ1) is 47.7. The standard InChI is InChI=1S/2C23H27.C12H7Si.2ClH.Zr/c2*1-6-17-11-12-18-13-19(15(2)3)14-22(18)23(17)21-10-8-7-9-20(21)16(4)5;1-3-7-11-9(5-1)10-6-2-4-8-12(10)13-11;;;/h2*7-16H,6H2,1-5H3;1-7H;2*1H;/q3*-1;;;+2/p-2. The van der Waals surface area contributed by atoms with Crippen molar-refractivity contribution in [2.45, 2.75) is 106 Å². The average molecular weight is 948 g/mol. The fraction of sp³-hybridized carbons (Fsp3) is 0.276. The molecule has 9 rings (SSSR count). The molecule has 0 saturated carbocycles. The Hall–Kier alpha value is -3.78. The minimum atomic E-state index is -0.826. The molecule has 0 aromatic heterocycles. The van der Waals surface area contributed by atoms with Crippen LogP contribution in [-0.2, 0) is 33.7 Å². The third kappa shape index (κ3) is 10.8. The van der Waals surface area contributed by atoms with Crippen molar-refractivity contribution in [3.63, 3.8) is 0 Å². The van der Waals surface area contributed by atoms with Crippen molar-refractivity contribution in [1.82, 2.24) is 0 Å². The van der Waals surface area contributed by atoms with Gasteiger partial charge >= 0.3 is 37.9 Å². The van der Waals surface area contributed by atoms with Gasteiger partial charge in [0.05, 0.1) is 9.52 Å². The molecule has 0 fully saturated rings. The molecule has 0 bridgehead atoms. The Morgan fingerprint density at radius 1 is 0.516 bits per heavy atom. The monoisotopic (exact) mass is 945 g/mol. The van der Waals surface area contributed by atoms with Crippen molar-refractivity contribution in [3.8, 4) is 33.4 Å². The Bertz CT molecular complexity index is 2520. The molecule has 8 aromatic rings. The number of rotatable bonds is 8. The fourth-order valence-corrected chi connectivity index (χ4v) is 10.1. The van der Waals surface area contributed by atoms with E-state index in [2.05, 4.69) is 209 Å². The van der Waals surface area contributed by atoms with E-state index >= 15 is 0 Å². The molecule has 62 heavy (non-hydrogen) atoms. The molecule has 2 radical (unpaired) electrons. The van der Waals surface area contributed by atoms with Crippen LogP contribution in [0.1, 0.15) is 126 Å². The van der Waals surface area contributed by atoms with E-state index in [0.29, 0.717) is 23.7 Å². The van der Waals surface area contributed by atoms with Crippen molar-refractivity contribution in [1.29, 1.82) is 0 Å². The van der Waals surface area contributed by atoms with E-state index in [9.17, 15) is 0 Å². The topological polar surface area (TPSA) is 0 Å². The molecule has 0 atom stereocenters. The summed E-state index contributed by atoms with van der Waals surface area (Å²) >= 11 is -0.826. The summed E-state index contributed by atoms with van der Waals surface area (Å²) in [7, 11) is 10.7. The Labute approximate surface area is 394 Å². The SMILES string of the molecule is CCc1ccc2[cH-]c(C(C)C)cc2c1-c1ccccc1C(C)C.CCc1ccc2[cH-]c(C(C)C)cc2c1-c1ccccc1C(C)C.[Cl][Zr][Cl].[c-]1cccc2c1[Si]c1ccccc1-2. The van der Waals surface area contributed by atoms with Gasteiger partial charge in [0.2, 0.25) is 0 Å². The summed E-state index contributed by atoms with van der Waals surface area (Å²) in [5.41, 5.74) is 17.2. The minimum absolute atomic E-state index is 0.533. The molecule has 1 aliphatic heterocycles. The number of fused-ring (bicyclic) bond motifs is 5. The number of aryl methyl sites for hydroxylation is 2. The van der Waals surface area contributed by atoms with E-state index in [0.717, 1.165) is 22.4 Å². The van der Waals surface area contributed by atoms with Gasteiger partial charge < -0.3 is 0 Å². The Morgan fingerprint density at radius 2 is 0.935 bits per heavy atom. The van der Waals surface area contributed by atoms with Crippen LogP contribution in [0, 0.1) is 6.07 Å². The Kier molecular flexibility index (Phi) is 17.1. The van der Waals surface area contributed by atoms with Gasteiger partial charge in [0.15, 0.2) is 0 Å². The van der Waals surface area contributed by atoms with Gasteiger partial charge in [-0.15, -0.1) is 74.6 Å². The van der Waals surface area contributed by atoms with Gasteiger partial charge in [0.25, 0.3) is 0 Å². The molecule has 1 aliphatic rings. The van der Waals surface area contributed by atoms with E-state index in [4.69, 9.17) is 17.0 Å². The van der Waals surface area contributed by atoms with Crippen molar-refractivity contribution >= 4 is 58.5 Å². The second kappa shape index (κ2) is 22.2. The molecule has 0 N–H and O–H groups in total. The van der Waals surface area contributed by atoms with Gasteiger partial charge in [0, 0.05) is 0 Å². The van der Waals surface area contributed by atoms with E-state index in [1.165, 1.54) is 98.7 Å². The van der Waals surface area contributed by atoms with Crippen molar-refractivity contribution in [2.75, 3.05) is 0 Å². The normalized spacial score (nSPS) is 11.5. The first-order chi connectivity index (χ1) is 29.9.